The summed E-state index contributed by atoms with van der Waals surface area (Å²) in [6.07, 6.45) is 0.540. The predicted octanol–water partition coefficient (Wildman–Crippen LogP) is -0.520. The summed E-state index contributed by atoms with van der Waals surface area (Å²) in [4.78, 5) is 0. The first-order valence-corrected chi connectivity index (χ1v) is 3.85. The second-order valence-corrected chi connectivity index (χ2v) is 2.80. The van der Waals surface area contributed by atoms with Gasteiger partial charge in [-0.25, -0.2) is 0 Å². The van der Waals surface area contributed by atoms with Crippen molar-refractivity contribution in [3.63, 3.8) is 0 Å². The number of likely N-dealkylation sites (N-methyl/N-ethyl adjacent to an activating group) is 1. The lowest BCUT2D eigenvalue weighted by Gasteiger charge is -2.16. The molecule has 0 bridgehead atoms. The van der Waals surface area contributed by atoms with Crippen molar-refractivity contribution >= 4 is 0 Å². The first-order valence-electron chi connectivity index (χ1n) is 3.85. The van der Waals surface area contributed by atoms with E-state index in [0.717, 1.165) is 19.4 Å². The Morgan fingerprint density at radius 3 is 2.50 bits per heavy atom. The maximum atomic E-state index is 9.28. The molecule has 1 rings (SSSR count). The monoisotopic (exact) mass is 145 g/mol. The van der Waals surface area contributed by atoms with E-state index in [2.05, 4.69) is 5.32 Å². The Morgan fingerprint density at radius 2 is 2.10 bits per heavy atom. The summed E-state index contributed by atoms with van der Waals surface area (Å²) in [5, 5.41) is 21.5. The SMILES string of the molecule is CCN[C@@H]1CC[C@H](O)[C@@H]1O. The van der Waals surface area contributed by atoms with Gasteiger partial charge in [0, 0.05) is 6.04 Å². The Balaban J connectivity index is 2.33. The van der Waals surface area contributed by atoms with Gasteiger partial charge in [0.05, 0.1) is 12.2 Å². The second-order valence-electron chi connectivity index (χ2n) is 2.80. The number of nitrogens with one attached hydrogen (secondary N) is 1. The number of aliphatic hydroxyl groups excluding tert-OH is 2. The molecule has 1 fully saturated rings. The molecule has 0 amide bonds. The zero-order valence-electron chi connectivity index (χ0n) is 6.25. The van der Waals surface area contributed by atoms with Gasteiger partial charge in [0.2, 0.25) is 0 Å². The fourth-order valence-electron chi connectivity index (χ4n) is 1.44. The van der Waals surface area contributed by atoms with Gasteiger partial charge in [-0.3, -0.25) is 0 Å². The highest BCUT2D eigenvalue weighted by Gasteiger charge is 2.32. The highest BCUT2D eigenvalue weighted by molar-refractivity contribution is 4.88. The average Bonchev–Trinajstić information content (AvgIpc) is 2.20. The zero-order chi connectivity index (χ0) is 7.56. The van der Waals surface area contributed by atoms with E-state index in [1.54, 1.807) is 0 Å². The first-order chi connectivity index (χ1) is 4.75. The minimum atomic E-state index is -0.556. The van der Waals surface area contributed by atoms with E-state index in [9.17, 15) is 5.11 Å². The van der Waals surface area contributed by atoms with Gasteiger partial charge in [0.15, 0.2) is 0 Å². The highest BCUT2D eigenvalue weighted by Crippen LogP contribution is 2.19. The van der Waals surface area contributed by atoms with E-state index < -0.39 is 12.2 Å². The summed E-state index contributed by atoms with van der Waals surface area (Å²) in [7, 11) is 0. The third kappa shape index (κ3) is 1.48. The van der Waals surface area contributed by atoms with E-state index >= 15 is 0 Å². The molecule has 1 saturated carbocycles. The smallest absolute Gasteiger partial charge is 0.0951 e. The van der Waals surface area contributed by atoms with Gasteiger partial charge in [-0.2, -0.15) is 0 Å². The molecule has 3 atom stereocenters. The van der Waals surface area contributed by atoms with Gasteiger partial charge in [-0.05, 0) is 19.4 Å². The van der Waals surface area contributed by atoms with Crippen LogP contribution in [0.25, 0.3) is 0 Å². The maximum Gasteiger partial charge on any atom is 0.0951 e. The summed E-state index contributed by atoms with van der Waals surface area (Å²) >= 11 is 0. The molecule has 1 aliphatic rings. The Hall–Kier alpha value is -0.120. The second kappa shape index (κ2) is 3.32. The lowest BCUT2D eigenvalue weighted by molar-refractivity contribution is 0.0306. The molecule has 0 aliphatic heterocycles. The van der Waals surface area contributed by atoms with Gasteiger partial charge >= 0.3 is 0 Å². The van der Waals surface area contributed by atoms with Crippen LogP contribution in [0.4, 0.5) is 0 Å². The molecule has 0 heterocycles. The van der Waals surface area contributed by atoms with Gasteiger partial charge in [-0.15, -0.1) is 0 Å². The topological polar surface area (TPSA) is 52.5 Å². The molecule has 10 heavy (non-hydrogen) atoms. The van der Waals surface area contributed by atoms with E-state index in [0.29, 0.717) is 0 Å². The highest BCUT2D eigenvalue weighted by atomic mass is 16.3. The molecule has 3 N–H and O–H groups in total. The predicted molar refractivity (Wildman–Crippen MR) is 38.7 cm³/mol. The molecule has 0 spiro atoms. The van der Waals surface area contributed by atoms with Gasteiger partial charge in [0.25, 0.3) is 0 Å². The fourth-order valence-corrected chi connectivity index (χ4v) is 1.44. The van der Waals surface area contributed by atoms with Crippen molar-refractivity contribution in [2.24, 2.45) is 0 Å². The summed E-state index contributed by atoms with van der Waals surface area (Å²) in [5.74, 6) is 0. The van der Waals surface area contributed by atoms with Crippen LogP contribution < -0.4 is 5.32 Å². The lowest BCUT2D eigenvalue weighted by atomic mass is 10.2. The summed E-state index contributed by atoms with van der Waals surface area (Å²) < 4.78 is 0. The summed E-state index contributed by atoms with van der Waals surface area (Å²) in [6.45, 7) is 2.85. The van der Waals surface area contributed by atoms with Gasteiger partial charge in [-0.1, -0.05) is 6.92 Å². The third-order valence-corrected chi connectivity index (χ3v) is 2.05. The normalized spacial score (nSPS) is 40.5. The molecule has 0 radical (unpaired) electrons. The van der Waals surface area contributed by atoms with Crippen molar-refractivity contribution in [3.05, 3.63) is 0 Å². The fraction of sp³-hybridized carbons (Fsp3) is 1.00. The molecular formula is C7H15NO2. The molecule has 3 nitrogen and oxygen atoms in total. The zero-order valence-corrected chi connectivity index (χ0v) is 6.25. The van der Waals surface area contributed by atoms with Crippen LogP contribution in [0.1, 0.15) is 19.8 Å². The van der Waals surface area contributed by atoms with Crippen LogP contribution in [0.15, 0.2) is 0 Å². The van der Waals surface area contributed by atoms with Gasteiger partial charge in [0.1, 0.15) is 0 Å². The molecule has 3 heteroatoms. The molecule has 0 unspecified atom stereocenters. The Morgan fingerprint density at radius 1 is 1.40 bits per heavy atom. The average molecular weight is 145 g/mol. The largest absolute Gasteiger partial charge is 0.390 e. The van der Waals surface area contributed by atoms with Crippen LogP contribution in [0, 0.1) is 0 Å². The first kappa shape index (κ1) is 7.98. The van der Waals surface area contributed by atoms with Crippen molar-refractivity contribution in [2.75, 3.05) is 6.54 Å². The van der Waals surface area contributed by atoms with Gasteiger partial charge < -0.3 is 15.5 Å². The molecule has 0 saturated heterocycles. The van der Waals surface area contributed by atoms with Crippen LogP contribution in [0.3, 0.4) is 0 Å². The third-order valence-electron chi connectivity index (χ3n) is 2.05. The standard InChI is InChI=1S/C7H15NO2/c1-2-8-5-3-4-6(9)7(5)10/h5-10H,2-4H2,1H3/t5-,6+,7-/m1/s1. The lowest BCUT2D eigenvalue weighted by Crippen LogP contribution is -2.39. The van der Waals surface area contributed by atoms with Crippen LogP contribution in [-0.2, 0) is 0 Å². The molecule has 1 aliphatic carbocycles. The van der Waals surface area contributed by atoms with Crippen molar-refractivity contribution in [1.82, 2.24) is 5.32 Å². The van der Waals surface area contributed by atoms with Crippen molar-refractivity contribution < 1.29 is 10.2 Å². The van der Waals surface area contributed by atoms with E-state index in [4.69, 9.17) is 5.11 Å². The van der Waals surface area contributed by atoms with Crippen molar-refractivity contribution in [1.29, 1.82) is 0 Å². The Bertz CT molecular complexity index is 106. The van der Waals surface area contributed by atoms with Crippen molar-refractivity contribution in [3.8, 4) is 0 Å². The molecular weight excluding hydrogens is 130 g/mol. The summed E-state index contributed by atoms with van der Waals surface area (Å²) in [6, 6.07) is 0.111. The number of aliphatic hydroxyl groups is 2. The van der Waals surface area contributed by atoms with E-state index in [-0.39, 0.29) is 6.04 Å². The Labute approximate surface area is 61.1 Å². The van der Waals surface area contributed by atoms with Crippen molar-refractivity contribution in [2.45, 2.75) is 38.0 Å². The molecule has 60 valence electrons. The quantitative estimate of drug-likeness (QED) is 0.490. The number of rotatable bonds is 2. The maximum absolute atomic E-state index is 9.28. The number of hydrogen-bond acceptors (Lipinski definition) is 3. The summed E-state index contributed by atoms with van der Waals surface area (Å²) in [5.41, 5.74) is 0. The Kier molecular flexibility index (Phi) is 2.65. The van der Waals surface area contributed by atoms with E-state index in [1.807, 2.05) is 6.92 Å². The number of hydrogen-bond donors (Lipinski definition) is 3. The minimum Gasteiger partial charge on any atom is -0.390 e. The molecule has 0 aromatic rings. The van der Waals surface area contributed by atoms with Crippen LogP contribution in [0.5, 0.6) is 0 Å². The molecule has 0 aromatic carbocycles. The minimum absolute atomic E-state index is 0.111. The van der Waals surface area contributed by atoms with Crippen LogP contribution in [0.2, 0.25) is 0 Å². The van der Waals surface area contributed by atoms with Crippen LogP contribution >= 0.6 is 0 Å². The van der Waals surface area contributed by atoms with Crippen LogP contribution in [-0.4, -0.2) is 35.0 Å². The van der Waals surface area contributed by atoms with E-state index in [1.165, 1.54) is 0 Å². The molecule has 0 aromatic heterocycles.